The van der Waals surface area contributed by atoms with Crippen molar-refractivity contribution in [2.75, 3.05) is 40.3 Å². The van der Waals surface area contributed by atoms with E-state index in [9.17, 15) is 4.79 Å². The maximum Gasteiger partial charge on any atom is 0.244 e. The molecule has 0 spiro atoms. The summed E-state index contributed by atoms with van der Waals surface area (Å²) in [5, 5.41) is 3.24. The lowest BCUT2D eigenvalue weighted by atomic mass is 9.99. The van der Waals surface area contributed by atoms with Crippen LogP contribution in [0.25, 0.3) is 0 Å². The first-order valence-corrected chi connectivity index (χ1v) is 9.98. The molecular weight excluding hydrogens is 344 g/mol. The Bertz CT molecular complexity index is 750. The maximum absolute atomic E-state index is 13.2. The Kier molecular flexibility index (Phi) is 6.06. The van der Waals surface area contributed by atoms with Gasteiger partial charge in [-0.05, 0) is 39.1 Å². The van der Waals surface area contributed by atoms with Crippen LogP contribution in [0.15, 0.2) is 29.6 Å². The van der Waals surface area contributed by atoms with E-state index in [4.69, 9.17) is 0 Å². The molecule has 5 nitrogen and oxygen atoms in total. The van der Waals surface area contributed by atoms with Gasteiger partial charge in [0.25, 0.3) is 0 Å². The molecule has 0 bridgehead atoms. The summed E-state index contributed by atoms with van der Waals surface area (Å²) >= 11 is 1.70. The summed E-state index contributed by atoms with van der Waals surface area (Å²) in [5.41, 5.74) is 3.40. The molecule has 1 aliphatic rings. The van der Waals surface area contributed by atoms with Crippen LogP contribution in [-0.2, 0) is 11.3 Å². The third-order valence-electron chi connectivity index (χ3n) is 4.97. The molecular formula is C20H28N4OS. The van der Waals surface area contributed by atoms with Crippen LogP contribution in [0.1, 0.15) is 27.9 Å². The molecule has 1 aliphatic heterocycles. The van der Waals surface area contributed by atoms with Crippen molar-refractivity contribution in [2.45, 2.75) is 26.4 Å². The zero-order valence-corrected chi connectivity index (χ0v) is 16.9. The second-order valence-electron chi connectivity index (χ2n) is 7.18. The highest BCUT2D eigenvalue weighted by molar-refractivity contribution is 7.09. The zero-order chi connectivity index (χ0) is 18.7. The van der Waals surface area contributed by atoms with E-state index in [0.29, 0.717) is 0 Å². The molecule has 2 heterocycles. The molecule has 0 aliphatic carbocycles. The van der Waals surface area contributed by atoms with Gasteiger partial charge in [-0.15, -0.1) is 11.3 Å². The molecule has 1 amide bonds. The standard InChI is InChI=1S/C20H28N4OS/c1-15-7-5-6-8-18(15)19(22(3)4)20(25)24-11-9-23(10-12-24)13-17-14-26-16(2)21-17/h5-8,14,19H,9-13H2,1-4H3/t19-/m0/s1. The van der Waals surface area contributed by atoms with Crippen molar-refractivity contribution in [1.82, 2.24) is 19.7 Å². The molecule has 1 atom stereocenters. The number of aryl methyl sites for hydroxylation is 2. The normalized spacial score (nSPS) is 16.9. The number of amides is 1. The van der Waals surface area contributed by atoms with Gasteiger partial charge in [0.1, 0.15) is 6.04 Å². The van der Waals surface area contributed by atoms with Crippen molar-refractivity contribution in [3.8, 4) is 0 Å². The fourth-order valence-electron chi connectivity index (χ4n) is 3.53. The number of rotatable bonds is 5. The average Bonchev–Trinajstić information content (AvgIpc) is 3.02. The molecule has 2 aromatic rings. The van der Waals surface area contributed by atoms with Gasteiger partial charge in [-0.25, -0.2) is 4.98 Å². The topological polar surface area (TPSA) is 39.7 Å². The van der Waals surface area contributed by atoms with Crippen molar-refractivity contribution < 1.29 is 4.79 Å². The summed E-state index contributed by atoms with van der Waals surface area (Å²) in [6.07, 6.45) is 0. The van der Waals surface area contributed by atoms with Crippen molar-refractivity contribution in [3.63, 3.8) is 0 Å². The van der Waals surface area contributed by atoms with E-state index < -0.39 is 0 Å². The highest BCUT2D eigenvalue weighted by Gasteiger charge is 2.30. The van der Waals surface area contributed by atoms with E-state index in [1.54, 1.807) is 11.3 Å². The molecule has 140 valence electrons. The van der Waals surface area contributed by atoms with Crippen molar-refractivity contribution in [2.24, 2.45) is 0 Å². The number of benzene rings is 1. The van der Waals surface area contributed by atoms with E-state index in [1.807, 2.05) is 43.0 Å². The predicted molar refractivity (Wildman–Crippen MR) is 106 cm³/mol. The molecule has 6 heteroatoms. The number of piperazine rings is 1. The highest BCUT2D eigenvalue weighted by Crippen LogP contribution is 2.25. The maximum atomic E-state index is 13.2. The van der Waals surface area contributed by atoms with Crippen LogP contribution < -0.4 is 0 Å². The highest BCUT2D eigenvalue weighted by atomic mass is 32.1. The third-order valence-corrected chi connectivity index (χ3v) is 5.79. The van der Waals surface area contributed by atoms with E-state index in [1.165, 1.54) is 0 Å². The molecule has 1 fully saturated rings. The van der Waals surface area contributed by atoms with Crippen LogP contribution in [0.5, 0.6) is 0 Å². The van der Waals surface area contributed by atoms with Gasteiger partial charge in [0.2, 0.25) is 5.91 Å². The van der Waals surface area contributed by atoms with Crippen LogP contribution in [0.3, 0.4) is 0 Å². The number of aromatic nitrogens is 1. The summed E-state index contributed by atoms with van der Waals surface area (Å²) in [6.45, 7) is 8.34. The van der Waals surface area contributed by atoms with Crippen LogP contribution >= 0.6 is 11.3 Å². The predicted octanol–water partition coefficient (Wildman–Crippen LogP) is 2.71. The van der Waals surface area contributed by atoms with E-state index >= 15 is 0 Å². The Hall–Kier alpha value is -1.76. The fourth-order valence-corrected chi connectivity index (χ4v) is 4.14. The molecule has 1 saturated heterocycles. The second-order valence-corrected chi connectivity index (χ2v) is 8.24. The van der Waals surface area contributed by atoms with Crippen molar-refractivity contribution in [3.05, 3.63) is 51.5 Å². The van der Waals surface area contributed by atoms with Gasteiger partial charge < -0.3 is 4.90 Å². The van der Waals surface area contributed by atoms with Gasteiger partial charge in [-0.1, -0.05) is 24.3 Å². The number of likely N-dealkylation sites (N-methyl/N-ethyl adjacent to an activating group) is 1. The summed E-state index contributed by atoms with van der Waals surface area (Å²) in [7, 11) is 3.96. The first-order valence-electron chi connectivity index (χ1n) is 9.10. The van der Waals surface area contributed by atoms with Crippen LogP contribution in [-0.4, -0.2) is 65.9 Å². The smallest absolute Gasteiger partial charge is 0.244 e. The Labute approximate surface area is 160 Å². The molecule has 0 unspecified atom stereocenters. The van der Waals surface area contributed by atoms with Gasteiger partial charge in [-0.3, -0.25) is 14.6 Å². The summed E-state index contributed by atoms with van der Waals surface area (Å²) in [6, 6.07) is 7.96. The fraction of sp³-hybridized carbons (Fsp3) is 0.500. The molecule has 0 radical (unpaired) electrons. The number of hydrogen-bond acceptors (Lipinski definition) is 5. The van der Waals surface area contributed by atoms with Crippen LogP contribution in [0.2, 0.25) is 0 Å². The number of thiazole rings is 1. The summed E-state index contributed by atoms with van der Waals surface area (Å²) in [4.78, 5) is 24.2. The first-order chi connectivity index (χ1) is 12.5. The Balaban J connectivity index is 1.64. The van der Waals surface area contributed by atoms with E-state index in [0.717, 1.165) is 54.6 Å². The second kappa shape index (κ2) is 8.29. The summed E-state index contributed by atoms with van der Waals surface area (Å²) < 4.78 is 0. The lowest BCUT2D eigenvalue weighted by Gasteiger charge is -2.37. The van der Waals surface area contributed by atoms with Gasteiger partial charge in [0.05, 0.1) is 10.7 Å². The first kappa shape index (κ1) is 19.0. The van der Waals surface area contributed by atoms with Gasteiger partial charge in [0.15, 0.2) is 0 Å². The van der Waals surface area contributed by atoms with Crippen molar-refractivity contribution >= 4 is 17.2 Å². The lowest BCUT2D eigenvalue weighted by Crippen LogP contribution is -2.51. The van der Waals surface area contributed by atoms with Crippen LogP contribution in [0, 0.1) is 13.8 Å². The number of nitrogens with zero attached hydrogens (tertiary/aromatic N) is 4. The number of hydrogen-bond donors (Lipinski definition) is 0. The molecule has 1 aromatic heterocycles. The molecule has 1 aromatic carbocycles. The average molecular weight is 373 g/mol. The SMILES string of the molecule is Cc1nc(CN2CCN(C(=O)[C@H](c3ccccc3C)N(C)C)CC2)cs1. The van der Waals surface area contributed by atoms with E-state index in [-0.39, 0.29) is 11.9 Å². The Morgan fingerprint density at radius 2 is 1.88 bits per heavy atom. The van der Waals surface area contributed by atoms with Gasteiger partial charge >= 0.3 is 0 Å². The minimum Gasteiger partial charge on any atom is -0.338 e. The monoisotopic (exact) mass is 372 g/mol. The lowest BCUT2D eigenvalue weighted by molar-refractivity contribution is -0.138. The Morgan fingerprint density at radius 1 is 1.19 bits per heavy atom. The van der Waals surface area contributed by atoms with Gasteiger partial charge in [-0.2, -0.15) is 0 Å². The quantitative estimate of drug-likeness (QED) is 0.809. The van der Waals surface area contributed by atoms with Crippen LogP contribution in [0.4, 0.5) is 0 Å². The van der Waals surface area contributed by atoms with Gasteiger partial charge in [0, 0.05) is 38.1 Å². The minimum atomic E-state index is -0.219. The largest absolute Gasteiger partial charge is 0.338 e. The number of carbonyl (C=O) groups is 1. The minimum absolute atomic E-state index is 0.202. The third kappa shape index (κ3) is 4.31. The zero-order valence-electron chi connectivity index (χ0n) is 16.1. The molecule has 26 heavy (non-hydrogen) atoms. The summed E-state index contributed by atoms with van der Waals surface area (Å²) in [5.74, 6) is 0.202. The Morgan fingerprint density at radius 3 is 2.46 bits per heavy atom. The molecule has 0 N–H and O–H groups in total. The number of carbonyl (C=O) groups excluding carboxylic acids is 1. The molecule has 3 rings (SSSR count). The van der Waals surface area contributed by atoms with E-state index in [2.05, 4.69) is 34.3 Å². The molecule has 0 saturated carbocycles. The van der Waals surface area contributed by atoms with Crippen molar-refractivity contribution in [1.29, 1.82) is 0 Å².